The van der Waals surface area contributed by atoms with E-state index in [2.05, 4.69) is 20.8 Å². The van der Waals surface area contributed by atoms with Crippen LogP contribution in [0.4, 0.5) is 5.69 Å². The highest BCUT2D eigenvalue weighted by molar-refractivity contribution is 5.95. The van der Waals surface area contributed by atoms with Gasteiger partial charge in [-0.25, -0.2) is 0 Å². The molecule has 3 unspecified atom stereocenters. The maximum atomic E-state index is 12.4. The number of hydrogen-bond acceptors (Lipinski definition) is 3. The summed E-state index contributed by atoms with van der Waals surface area (Å²) in [6.45, 7) is 3.84. The molecule has 20 heavy (non-hydrogen) atoms. The van der Waals surface area contributed by atoms with Crippen LogP contribution in [0.5, 0.6) is 0 Å². The zero-order chi connectivity index (χ0) is 14.1. The summed E-state index contributed by atoms with van der Waals surface area (Å²) in [5.74, 6) is 0.867. The van der Waals surface area contributed by atoms with Crippen molar-refractivity contribution in [1.29, 1.82) is 0 Å². The van der Waals surface area contributed by atoms with Crippen molar-refractivity contribution in [3.05, 3.63) is 11.4 Å². The third-order valence-corrected chi connectivity index (χ3v) is 4.84. The molecule has 0 aromatic carbocycles. The van der Waals surface area contributed by atoms with Gasteiger partial charge in [-0.15, -0.1) is 0 Å². The van der Waals surface area contributed by atoms with E-state index in [0.29, 0.717) is 6.04 Å². The first kappa shape index (κ1) is 13.6. The number of aromatic nitrogens is 2. The topological polar surface area (TPSA) is 69.8 Å². The number of fused-ring (bicyclic) bond motifs is 1. The molecule has 3 atom stereocenters. The number of anilines is 1. The van der Waals surface area contributed by atoms with Crippen LogP contribution in [-0.2, 0) is 4.79 Å². The molecule has 2 aliphatic rings. The number of piperidine rings is 1. The number of H-pyrrole nitrogens is 1. The van der Waals surface area contributed by atoms with Crippen molar-refractivity contribution in [2.24, 2.45) is 5.92 Å². The highest BCUT2D eigenvalue weighted by atomic mass is 16.2. The number of nitrogens with one attached hydrogen (secondary N) is 3. The van der Waals surface area contributed by atoms with Crippen molar-refractivity contribution in [2.45, 2.75) is 64.5 Å². The average Bonchev–Trinajstić information content (AvgIpc) is 2.78. The van der Waals surface area contributed by atoms with Crippen LogP contribution in [0.15, 0.2) is 0 Å². The molecule has 5 heteroatoms. The Morgan fingerprint density at radius 3 is 2.75 bits per heavy atom. The van der Waals surface area contributed by atoms with Gasteiger partial charge in [0.2, 0.25) is 5.91 Å². The Morgan fingerprint density at radius 1 is 1.20 bits per heavy atom. The monoisotopic (exact) mass is 276 g/mol. The van der Waals surface area contributed by atoms with E-state index in [4.69, 9.17) is 0 Å². The SMILES string of the molecule is Cc1n[nH]c(C)c1NC(=O)C1CCC2CCCCC2N1. The van der Waals surface area contributed by atoms with Crippen molar-refractivity contribution < 1.29 is 4.79 Å². The molecule has 1 saturated heterocycles. The largest absolute Gasteiger partial charge is 0.322 e. The van der Waals surface area contributed by atoms with E-state index < -0.39 is 0 Å². The Labute approximate surface area is 119 Å². The number of rotatable bonds is 2. The van der Waals surface area contributed by atoms with E-state index in [1.54, 1.807) is 0 Å². The molecule has 0 spiro atoms. The molecule has 1 aliphatic heterocycles. The Hall–Kier alpha value is -1.36. The predicted molar refractivity (Wildman–Crippen MR) is 78.6 cm³/mol. The molecule has 3 rings (SSSR count). The fourth-order valence-electron chi connectivity index (χ4n) is 3.65. The van der Waals surface area contributed by atoms with Crippen molar-refractivity contribution in [3.63, 3.8) is 0 Å². The lowest BCUT2D eigenvalue weighted by Gasteiger charge is -2.39. The minimum Gasteiger partial charge on any atom is -0.322 e. The van der Waals surface area contributed by atoms with Crippen LogP contribution in [0.1, 0.15) is 49.9 Å². The summed E-state index contributed by atoms with van der Waals surface area (Å²) in [7, 11) is 0. The van der Waals surface area contributed by atoms with Crippen molar-refractivity contribution >= 4 is 11.6 Å². The Kier molecular flexibility index (Phi) is 3.78. The van der Waals surface area contributed by atoms with Gasteiger partial charge in [-0.3, -0.25) is 9.89 Å². The minimum absolute atomic E-state index is 0.0527. The first-order valence-electron chi connectivity index (χ1n) is 7.73. The number of aryl methyl sites for hydroxylation is 2. The summed E-state index contributed by atoms with van der Waals surface area (Å²) in [4.78, 5) is 12.4. The highest BCUT2D eigenvalue weighted by Gasteiger charge is 2.34. The lowest BCUT2D eigenvalue weighted by Crippen LogP contribution is -2.53. The van der Waals surface area contributed by atoms with Gasteiger partial charge < -0.3 is 10.6 Å². The van der Waals surface area contributed by atoms with Gasteiger partial charge in [-0.05, 0) is 45.4 Å². The smallest absolute Gasteiger partial charge is 0.241 e. The molecule has 2 fully saturated rings. The van der Waals surface area contributed by atoms with E-state index in [9.17, 15) is 4.79 Å². The summed E-state index contributed by atoms with van der Waals surface area (Å²) >= 11 is 0. The van der Waals surface area contributed by atoms with Gasteiger partial charge in [0.25, 0.3) is 0 Å². The molecule has 1 aromatic heterocycles. The van der Waals surface area contributed by atoms with E-state index >= 15 is 0 Å². The van der Waals surface area contributed by atoms with E-state index in [1.807, 2.05) is 13.8 Å². The maximum absolute atomic E-state index is 12.4. The summed E-state index contributed by atoms with van der Waals surface area (Å²) in [5, 5.41) is 13.6. The number of carbonyl (C=O) groups excluding carboxylic acids is 1. The molecule has 1 aromatic rings. The standard InChI is InChI=1S/C15H24N4O/c1-9-14(10(2)19-18-9)17-15(20)13-8-7-11-5-3-4-6-12(11)16-13/h11-13,16H,3-8H2,1-2H3,(H,17,20)(H,18,19). The van der Waals surface area contributed by atoms with Gasteiger partial charge in [0.05, 0.1) is 23.1 Å². The van der Waals surface area contributed by atoms with Crippen LogP contribution >= 0.6 is 0 Å². The quantitative estimate of drug-likeness (QED) is 0.776. The third kappa shape index (κ3) is 2.59. The molecule has 1 aliphatic carbocycles. The summed E-state index contributed by atoms with van der Waals surface area (Å²) < 4.78 is 0. The van der Waals surface area contributed by atoms with Crippen LogP contribution in [0.25, 0.3) is 0 Å². The number of hydrogen-bond donors (Lipinski definition) is 3. The molecular weight excluding hydrogens is 252 g/mol. The van der Waals surface area contributed by atoms with Gasteiger partial charge in [0.15, 0.2) is 0 Å². The van der Waals surface area contributed by atoms with Gasteiger partial charge >= 0.3 is 0 Å². The third-order valence-electron chi connectivity index (χ3n) is 4.84. The van der Waals surface area contributed by atoms with Gasteiger partial charge in [0.1, 0.15) is 0 Å². The Bertz CT molecular complexity index is 477. The first-order valence-corrected chi connectivity index (χ1v) is 7.73. The highest BCUT2D eigenvalue weighted by Crippen LogP contribution is 2.32. The zero-order valence-corrected chi connectivity index (χ0v) is 12.3. The average molecular weight is 276 g/mol. The molecule has 0 radical (unpaired) electrons. The van der Waals surface area contributed by atoms with Crippen LogP contribution in [-0.4, -0.2) is 28.2 Å². The van der Waals surface area contributed by atoms with Crippen LogP contribution in [0.2, 0.25) is 0 Å². The molecule has 0 bridgehead atoms. The number of carbonyl (C=O) groups is 1. The van der Waals surface area contributed by atoms with Crippen molar-refractivity contribution in [2.75, 3.05) is 5.32 Å². The summed E-state index contributed by atoms with van der Waals surface area (Å²) in [5.41, 5.74) is 2.60. The van der Waals surface area contributed by atoms with Crippen LogP contribution in [0.3, 0.4) is 0 Å². The predicted octanol–water partition coefficient (Wildman–Crippen LogP) is 2.28. The Balaban J connectivity index is 1.63. The van der Waals surface area contributed by atoms with Gasteiger partial charge in [-0.2, -0.15) is 5.10 Å². The molecule has 3 N–H and O–H groups in total. The minimum atomic E-state index is -0.0527. The van der Waals surface area contributed by atoms with E-state index in [0.717, 1.165) is 29.4 Å². The lowest BCUT2D eigenvalue weighted by atomic mass is 9.77. The zero-order valence-electron chi connectivity index (χ0n) is 12.3. The van der Waals surface area contributed by atoms with Gasteiger partial charge in [0, 0.05) is 6.04 Å². The number of aromatic amines is 1. The van der Waals surface area contributed by atoms with E-state index in [1.165, 1.54) is 32.1 Å². The summed E-state index contributed by atoms with van der Waals surface area (Å²) in [6, 6.07) is 0.489. The second-order valence-electron chi connectivity index (χ2n) is 6.25. The van der Waals surface area contributed by atoms with Crippen molar-refractivity contribution in [1.82, 2.24) is 15.5 Å². The Morgan fingerprint density at radius 2 is 2.00 bits per heavy atom. The molecule has 2 heterocycles. The fourth-order valence-corrected chi connectivity index (χ4v) is 3.65. The van der Waals surface area contributed by atoms with E-state index in [-0.39, 0.29) is 11.9 Å². The van der Waals surface area contributed by atoms with Gasteiger partial charge in [-0.1, -0.05) is 12.8 Å². The molecule has 1 saturated carbocycles. The summed E-state index contributed by atoms with van der Waals surface area (Å²) in [6.07, 6.45) is 7.32. The second kappa shape index (κ2) is 5.56. The van der Waals surface area contributed by atoms with Crippen LogP contribution < -0.4 is 10.6 Å². The first-order chi connectivity index (χ1) is 9.65. The molecule has 5 nitrogen and oxygen atoms in total. The number of amides is 1. The lowest BCUT2D eigenvalue weighted by molar-refractivity contribution is -0.119. The fraction of sp³-hybridized carbons (Fsp3) is 0.733. The molecule has 110 valence electrons. The normalized spacial score (nSPS) is 29.8. The molecular formula is C15H24N4O. The second-order valence-corrected chi connectivity index (χ2v) is 6.25. The van der Waals surface area contributed by atoms with Crippen molar-refractivity contribution in [3.8, 4) is 0 Å². The molecule has 1 amide bonds. The maximum Gasteiger partial charge on any atom is 0.241 e. The van der Waals surface area contributed by atoms with Crippen LogP contribution in [0, 0.1) is 19.8 Å². The number of nitrogens with zero attached hydrogens (tertiary/aromatic N) is 1.